The number of rotatable bonds is 6. The molecular weight excluding hydrogens is 617 g/mol. The third kappa shape index (κ3) is 5.77. The first-order valence-corrected chi connectivity index (χ1v) is 16.9. The summed E-state index contributed by atoms with van der Waals surface area (Å²) in [5.74, 6) is -0.937. The third-order valence-corrected chi connectivity index (χ3v) is 11.5. The molecule has 6 rings (SSSR count). The lowest BCUT2D eigenvalue weighted by molar-refractivity contribution is -0.137. The van der Waals surface area contributed by atoms with Gasteiger partial charge >= 0.3 is 6.18 Å². The molecule has 3 aliphatic heterocycles. The van der Waals surface area contributed by atoms with Gasteiger partial charge < -0.3 is 24.8 Å². The van der Waals surface area contributed by atoms with Crippen LogP contribution in [0, 0.1) is 0 Å². The standard InChI is InChI=1S/C29H33F3N6O4S2/c1-4-18-11-19(37-8-7-36(3)17(2)14-37)5-6-22(18)34-28-33-13-21(29(30,31)32)25(35-28)23-12-24-26(43-23)27(39)38(20-15-42-16-20)9-10-44(24,40)41/h5-6,11-13,17,20H,4,7-10,14-16H2,1-3H3,(H,33,34,35). The fourth-order valence-electron chi connectivity index (χ4n) is 5.62. The molecule has 1 unspecified atom stereocenters. The Balaban J connectivity index is 1.35. The second-order valence-electron chi connectivity index (χ2n) is 11.4. The predicted octanol–water partition coefficient (Wildman–Crippen LogP) is 4.30. The number of fused-ring (bicyclic) bond motifs is 1. The number of benzene rings is 1. The second kappa shape index (κ2) is 11.6. The third-order valence-electron chi connectivity index (χ3n) is 8.52. The van der Waals surface area contributed by atoms with Crippen molar-refractivity contribution in [1.29, 1.82) is 0 Å². The van der Waals surface area contributed by atoms with Gasteiger partial charge in [-0.05, 0) is 50.2 Å². The normalized spacial score (nSPS) is 21.1. The molecule has 2 saturated heterocycles. The monoisotopic (exact) mass is 650 g/mol. The first-order valence-electron chi connectivity index (χ1n) is 14.4. The van der Waals surface area contributed by atoms with Gasteiger partial charge in [-0.1, -0.05) is 6.92 Å². The highest BCUT2D eigenvalue weighted by atomic mass is 32.2. The van der Waals surface area contributed by atoms with Crippen LogP contribution in [0.3, 0.4) is 0 Å². The number of carbonyl (C=O) groups is 1. The number of nitrogens with one attached hydrogen (secondary N) is 1. The minimum absolute atomic E-state index is 0.00626. The second-order valence-corrected chi connectivity index (χ2v) is 14.5. The van der Waals surface area contributed by atoms with Crippen LogP contribution in [0.15, 0.2) is 35.4 Å². The van der Waals surface area contributed by atoms with Gasteiger partial charge in [0.05, 0.1) is 40.5 Å². The van der Waals surface area contributed by atoms with Crippen molar-refractivity contribution in [2.24, 2.45) is 0 Å². The number of piperazine rings is 1. The highest BCUT2D eigenvalue weighted by Crippen LogP contribution is 2.42. The van der Waals surface area contributed by atoms with Gasteiger partial charge in [-0.2, -0.15) is 13.2 Å². The number of thiophene rings is 1. The van der Waals surface area contributed by atoms with Crippen molar-refractivity contribution in [3.05, 3.63) is 46.5 Å². The van der Waals surface area contributed by atoms with Crippen LogP contribution < -0.4 is 10.2 Å². The molecule has 1 aromatic carbocycles. The van der Waals surface area contributed by atoms with E-state index in [1.165, 1.54) is 4.90 Å². The lowest BCUT2D eigenvalue weighted by Crippen LogP contribution is -2.52. The molecule has 0 radical (unpaired) electrons. The first kappa shape index (κ1) is 30.7. The minimum Gasteiger partial charge on any atom is -0.377 e. The molecule has 0 saturated carbocycles. The summed E-state index contributed by atoms with van der Waals surface area (Å²) in [4.78, 5) is 27.2. The average Bonchev–Trinajstić information content (AvgIpc) is 3.38. The molecule has 1 amide bonds. The Bertz CT molecular complexity index is 1690. The Kier molecular flexibility index (Phi) is 8.09. The maximum absolute atomic E-state index is 14.2. The van der Waals surface area contributed by atoms with Crippen molar-refractivity contribution >= 4 is 44.4 Å². The van der Waals surface area contributed by atoms with Crippen LogP contribution >= 0.6 is 11.3 Å². The zero-order valence-electron chi connectivity index (χ0n) is 24.5. The number of likely N-dealkylation sites (N-methyl/N-ethyl adjacent to an activating group) is 1. The molecule has 2 fully saturated rings. The number of aromatic nitrogens is 2. The van der Waals surface area contributed by atoms with E-state index in [0.29, 0.717) is 35.7 Å². The van der Waals surface area contributed by atoms with Crippen molar-refractivity contribution in [3.63, 3.8) is 0 Å². The van der Waals surface area contributed by atoms with Crippen LogP contribution in [0.5, 0.6) is 0 Å². The number of nitrogens with zero attached hydrogens (tertiary/aromatic N) is 5. The first-order chi connectivity index (χ1) is 20.9. The van der Waals surface area contributed by atoms with Gasteiger partial charge in [-0.15, -0.1) is 11.3 Å². The summed E-state index contributed by atoms with van der Waals surface area (Å²) in [5.41, 5.74) is 1.05. The van der Waals surface area contributed by atoms with Gasteiger partial charge in [0.1, 0.15) is 10.4 Å². The Hall–Kier alpha value is -3.27. The number of alkyl halides is 3. The van der Waals surface area contributed by atoms with Gasteiger partial charge in [0, 0.05) is 49.8 Å². The van der Waals surface area contributed by atoms with Gasteiger partial charge in [0.15, 0.2) is 9.84 Å². The number of hydrogen-bond donors (Lipinski definition) is 1. The molecule has 2 aromatic heterocycles. The number of aryl methyl sites for hydroxylation is 1. The largest absolute Gasteiger partial charge is 0.420 e. The highest BCUT2D eigenvalue weighted by Gasteiger charge is 2.41. The zero-order chi connectivity index (χ0) is 31.4. The molecular formula is C29H33F3N6O4S2. The summed E-state index contributed by atoms with van der Waals surface area (Å²) in [6.07, 6.45) is -3.47. The van der Waals surface area contributed by atoms with E-state index in [0.717, 1.165) is 37.0 Å². The molecule has 1 atom stereocenters. The molecule has 3 aromatic rings. The Labute approximate surface area is 257 Å². The highest BCUT2D eigenvalue weighted by molar-refractivity contribution is 7.91. The molecule has 0 bridgehead atoms. The molecule has 15 heteroatoms. The van der Waals surface area contributed by atoms with Crippen LogP contribution in [0.2, 0.25) is 0 Å². The van der Waals surface area contributed by atoms with Gasteiger partial charge in [0.2, 0.25) is 5.95 Å². The summed E-state index contributed by atoms with van der Waals surface area (Å²) in [6, 6.07) is 7.17. The lowest BCUT2D eigenvalue weighted by Gasteiger charge is -2.39. The van der Waals surface area contributed by atoms with E-state index in [4.69, 9.17) is 4.74 Å². The van der Waals surface area contributed by atoms with Crippen molar-refractivity contribution in [3.8, 4) is 10.6 Å². The molecule has 5 heterocycles. The molecule has 44 heavy (non-hydrogen) atoms. The Morgan fingerprint density at radius 2 is 1.93 bits per heavy atom. The van der Waals surface area contributed by atoms with Gasteiger partial charge in [-0.25, -0.2) is 18.4 Å². The number of halogens is 3. The van der Waals surface area contributed by atoms with Crippen LogP contribution in [-0.2, 0) is 27.2 Å². The number of anilines is 3. The number of ether oxygens (including phenoxy) is 1. The van der Waals surface area contributed by atoms with Crippen molar-refractivity contribution in [2.75, 3.05) is 62.4 Å². The summed E-state index contributed by atoms with van der Waals surface area (Å²) in [6.45, 7) is 7.44. The SMILES string of the molecule is CCc1cc(N2CCN(C)C(C)C2)ccc1Nc1ncc(C(F)(F)F)c(-c2cc3c(s2)C(=O)N(C2COC2)CCS3(=O)=O)n1. The molecule has 3 aliphatic rings. The van der Waals surface area contributed by atoms with E-state index in [9.17, 15) is 26.4 Å². The topological polar surface area (TPSA) is 108 Å². The van der Waals surface area contributed by atoms with Crippen LogP contribution in [0.4, 0.5) is 30.5 Å². The van der Waals surface area contributed by atoms with E-state index in [1.807, 2.05) is 19.1 Å². The number of hydrogen-bond acceptors (Lipinski definition) is 10. The van der Waals surface area contributed by atoms with E-state index >= 15 is 0 Å². The molecule has 0 spiro atoms. The molecule has 10 nitrogen and oxygen atoms in total. The Morgan fingerprint density at radius 1 is 1.16 bits per heavy atom. The summed E-state index contributed by atoms with van der Waals surface area (Å²) >= 11 is 0.701. The van der Waals surface area contributed by atoms with Crippen LogP contribution in [-0.4, -0.2) is 98.4 Å². The average molecular weight is 651 g/mol. The van der Waals surface area contributed by atoms with E-state index in [1.54, 1.807) is 0 Å². The van der Waals surface area contributed by atoms with Gasteiger partial charge in [0.25, 0.3) is 5.91 Å². The van der Waals surface area contributed by atoms with E-state index in [2.05, 4.69) is 45.1 Å². The van der Waals surface area contributed by atoms with Crippen molar-refractivity contribution in [2.45, 2.75) is 43.4 Å². The maximum Gasteiger partial charge on any atom is 0.420 e. The van der Waals surface area contributed by atoms with Crippen molar-refractivity contribution in [1.82, 2.24) is 19.8 Å². The van der Waals surface area contributed by atoms with Crippen LogP contribution in [0.25, 0.3) is 10.6 Å². The molecule has 236 valence electrons. The summed E-state index contributed by atoms with van der Waals surface area (Å²) in [7, 11) is -1.82. The summed E-state index contributed by atoms with van der Waals surface area (Å²) < 4.78 is 73.9. The van der Waals surface area contributed by atoms with Gasteiger partial charge in [-0.3, -0.25) is 4.79 Å². The van der Waals surface area contributed by atoms with Crippen LogP contribution in [0.1, 0.15) is 34.6 Å². The maximum atomic E-state index is 14.2. The number of carbonyl (C=O) groups excluding carboxylic acids is 1. The zero-order valence-corrected chi connectivity index (χ0v) is 26.2. The molecule has 1 N–H and O–H groups in total. The smallest absolute Gasteiger partial charge is 0.377 e. The van der Waals surface area contributed by atoms with Crippen molar-refractivity contribution < 1.29 is 31.1 Å². The van der Waals surface area contributed by atoms with E-state index < -0.39 is 33.2 Å². The summed E-state index contributed by atoms with van der Waals surface area (Å²) in [5, 5.41) is 3.07. The number of sulfone groups is 1. The number of amides is 1. The quantitative estimate of drug-likeness (QED) is 0.418. The van der Waals surface area contributed by atoms with E-state index in [-0.39, 0.29) is 52.2 Å². The predicted molar refractivity (Wildman–Crippen MR) is 161 cm³/mol. The Morgan fingerprint density at radius 3 is 2.59 bits per heavy atom. The fraction of sp³-hybridized carbons (Fsp3) is 0.483. The molecule has 0 aliphatic carbocycles. The minimum atomic E-state index is -4.82. The lowest BCUT2D eigenvalue weighted by atomic mass is 10.1. The fourth-order valence-corrected chi connectivity index (χ4v) is 8.53.